The lowest BCUT2D eigenvalue weighted by molar-refractivity contribution is 0.196. The Hall–Kier alpha value is -0.930. The molecule has 2 unspecified atom stereocenters. The Morgan fingerprint density at radius 1 is 1.24 bits per heavy atom. The van der Waals surface area contributed by atoms with Crippen LogP contribution in [0.5, 0.6) is 0 Å². The topological polar surface area (TPSA) is 28.2 Å². The molecule has 21 heavy (non-hydrogen) atoms. The summed E-state index contributed by atoms with van der Waals surface area (Å²) >= 11 is 0. The molecule has 1 aliphatic rings. The van der Waals surface area contributed by atoms with Gasteiger partial charge in [-0.15, -0.1) is 0 Å². The van der Waals surface area contributed by atoms with E-state index in [1.54, 1.807) is 0 Å². The van der Waals surface area contributed by atoms with Gasteiger partial charge in [-0.05, 0) is 51.4 Å². The summed E-state index contributed by atoms with van der Waals surface area (Å²) in [6.07, 6.45) is 6.88. The summed E-state index contributed by atoms with van der Waals surface area (Å²) in [6, 6.07) is 7.03. The van der Waals surface area contributed by atoms with E-state index < -0.39 is 0 Å². The Labute approximate surface area is 130 Å². The van der Waals surface area contributed by atoms with Crippen molar-refractivity contribution < 1.29 is 0 Å². The van der Waals surface area contributed by atoms with Crippen molar-refractivity contribution in [2.24, 2.45) is 5.92 Å². The van der Waals surface area contributed by atoms with Gasteiger partial charge in [0, 0.05) is 24.8 Å². The Morgan fingerprint density at radius 3 is 2.76 bits per heavy atom. The number of hydrogen-bond acceptors (Lipinski definition) is 3. The molecule has 2 atom stereocenters. The number of nitrogens with one attached hydrogen (secondary N) is 1. The van der Waals surface area contributed by atoms with Crippen molar-refractivity contribution in [3.63, 3.8) is 0 Å². The number of nitrogens with zero attached hydrogens (tertiary/aromatic N) is 2. The van der Waals surface area contributed by atoms with Crippen molar-refractivity contribution in [3.8, 4) is 0 Å². The van der Waals surface area contributed by atoms with Gasteiger partial charge in [0.05, 0.1) is 5.69 Å². The normalized spacial score (nSPS) is 23.2. The molecule has 0 aromatic carbocycles. The fourth-order valence-corrected chi connectivity index (χ4v) is 3.54. The molecule has 1 fully saturated rings. The second kappa shape index (κ2) is 8.50. The minimum absolute atomic E-state index is 0.687. The number of rotatable bonds is 6. The highest BCUT2D eigenvalue weighted by Gasteiger charge is 2.24. The second-order valence-electron chi connectivity index (χ2n) is 6.39. The molecule has 2 rings (SSSR count). The second-order valence-corrected chi connectivity index (χ2v) is 6.39. The fourth-order valence-electron chi connectivity index (χ4n) is 3.54. The molecule has 1 aromatic heterocycles. The van der Waals surface area contributed by atoms with E-state index in [9.17, 15) is 0 Å². The summed E-state index contributed by atoms with van der Waals surface area (Å²) in [6.45, 7) is 7.61. The molecule has 118 valence electrons. The molecule has 0 bridgehead atoms. The molecule has 1 aliphatic carbocycles. The van der Waals surface area contributed by atoms with Crippen LogP contribution in [-0.4, -0.2) is 36.1 Å². The maximum atomic E-state index is 4.65. The number of aryl methyl sites for hydroxylation is 1. The van der Waals surface area contributed by atoms with Crippen LogP contribution in [0.1, 0.15) is 50.4 Å². The molecule has 1 saturated carbocycles. The van der Waals surface area contributed by atoms with Crippen molar-refractivity contribution in [3.05, 3.63) is 29.6 Å². The summed E-state index contributed by atoms with van der Waals surface area (Å²) in [4.78, 5) is 7.21. The third-order valence-corrected chi connectivity index (χ3v) is 4.80. The van der Waals surface area contributed by atoms with Gasteiger partial charge in [0.1, 0.15) is 0 Å². The summed E-state index contributed by atoms with van der Waals surface area (Å²) in [5, 5.41) is 3.55. The van der Waals surface area contributed by atoms with Gasteiger partial charge < -0.3 is 5.32 Å². The largest absolute Gasteiger partial charge is 0.317 e. The highest BCUT2D eigenvalue weighted by molar-refractivity contribution is 5.09. The van der Waals surface area contributed by atoms with E-state index in [4.69, 9.17) is 0 Å². The molecule has 0 aliphatic heterocycles. The summed E-state index contributed by atoms with van der Waals surface area (Å²) in [7, 11) is 2.13. The molecule has 1 N–H and O–H groups in total. The van der Waals surface area contributed by atoms with E-state index in [-0.39, 0.29) is 0 Å². The first-order valence-corrected chi connectivity index (χ1v) is 8.55. The van der Waals surface area contributed by atoms with Gasteiger partial charge in [0.2, 0.25) is 0 Å². The van der Waals surface area contributed by atoms with E-state index in [0.29, 0.717) is 6.04 Å². The van der Waals surface area contributed by atoms with Crippen molar-refractivity contribution in [2.45, 2.75) is 58.5 Å². The van der Waals surface area contributed by atoms with Gasteiger partial charge in [-0.1, -0.05) is 32.3 Å². The van der Waals surface area contributed by atoms with Gasteiger partial charge in [0.25, 0.3) is 0 Å². The Balaban J connectivity index is 1.96. The van der Waals surface area contributed by atoms with Crippen LogP contribution in [0.25, 0.3) is 0 Å². The lowest BCUT2D eigenvalue weighted by Gasteiger charge is -2.30. The van der Waals surface area contributed by atoms with E-state index in [1.807, 2.05) is 0 Å². The monoisotopic (exact) mass is 289 g/mol. The number of hydrogen-bond donors (Lipinski definition) is 1. The quantitative estimate of drug-likeness (QED) is 0.814. The molecule has 0 spiro atoms. The van der Waals surface area contributed by atoms with E-state index in [2.05, 4.69) is 54.3 Å². The Kier molecular flexibility index (Phi) is 6.65. The summed E-state index contributed by atoms with van der Waals surface area (Å²) in [5.41, 5.74) is 2.32. The SMILES string of the molecule is CCN(Cc1cccc(C)n1)CC1CCCCCC1NC. The van der Waals surface area contributed by atoms with E-state index in [0.717, 1.165) is 24.7 Å². The third kappa shape index (κ3) is 5.08. The highest BCUT2D eigenvalue weighted by atomic mass is 15.1. The lowest BCUT2D eigenvalue weighted by Crippen LogP contribution is -2.40. The van der Waals surface area contributed by atoms with E-state index >= 15 is 0 Å². The average molecular weight is 289 g/mol. The molecule has 3 nitrogen and oxygen atoms in total. The lowest BCUT2D eigenvalue weighted by atomic mass is 9.94. The standard InChI is InChI=1S/C18H31N3/c1-4-21(14-17-11-8-9-15(2)20-17)13-16-10-6-5-7-12-18(16)19-3/h8-9,11,16,18-19H,4-7,10,12-14H2,1-3H3. The van der Waals surface area contributed by atoms with Crippen molar-refractivity contribution >= 4 is 0 Å². The fraction of sp³-hybridized carbons (Fsp3) is 0.722. The zero-order valence-electron chi connectivity index (χ0n) is 13.9. The summed E-state index contributed by atoms with van der Waals surface area (Å²) in [5.74, 6) is 0.780. The number of pyridine rings is 1. The van der Waals surface area contributed by atoms with Crippen molar-refractivity contribution in [2.75, 3.05) is 20.1 Å². The zero-order chi connectivity index (χ0) is 15.1. The molecular weight excluding hydrogens is 258 g/mol. The first-order chi connectivity index (χ1) is 10.2. The molecule has 0 amide bonds. The van der Waals surface area contributed by atoms with Gasteiger partial charge >= 0.3 is 0 Å². The summed E-state index contributed by atoms with van der Waals surface area (Å²) < 4.78 is 0. The predicted octanol–water partition coefficient (Wildman–Crippen LogP) is 3.38. The molecular formula is C18H31N3. The minimum Gasteiger partial charge on any atom is -0.317 e. The first kappa shape index (κ1) is 16.4. The first-order valence-electron chi connectivity index (χ1n) is 8.55. The van der Waals surface area contributed by atoms with E-state index in [1.165, 1.54) is 44.3 Å². The maximum Gasteiger partial charge on any atom is 0.0547 e. The zero-order valence-corrected chi connectivity index (χ0v) is 13.9. The number of aromatic nitrogens is 1. The van der Waals surface area contributed by atoms with Crippen LogP contribution in [0.4, 0.5) is 0 Å². The third-order valence-electron chi connectivity index (χ3n) is 4.80. The minimum atomic E-state index is 0.687. The van der Waals surface area contributed by atoms with Crippen LogP contribution in [0.2, 0.25) is 0 Å². The Morgan fingerprint density at radius 2 is 2.05 bits per heavy atom. The predicted molar refractivity (Wildman–Crippen MR) is 89.3 cm³/mol. The van der Waals surface area contributed by atoms with Crippen molar-refractivity contribution in [1.82, 2.24) is 15.2 Å². The van der Waals surface area contributed by atoms with Gasteiger partial charge in [-0.3, -0.25) is 9.88 Å². The van der Waals surface area contributed by atoms with Crippen LogP contribution in [0, 0.1) is 12.8 Å². The van der Waals surface area contributed by atoms with Crippen LogP contribution in [0.15, 0.2) is 18.2 Å². The van der Waals surface area contributed by atoms with Crippen molar-refractivity contribution in [1.29, 1.82) is 0 Å². The van der Waals surface area contributed by atoms with Crippen LogP contribution >= 0.6 is 0 Å². The molecule has 3 heteroatoms. The average Bonchev–Trinajstić information content (AvgIpc) is 2.71. The highest BCUT2D eigenvalue weighted by Crippen LogP contribution is 2.24. The Bertz CT molecular complexity index is 419. The maximum absolute atomic E-state index is 4.65. The molecule has 1 aromatic rings. The smallest absolute Gasteiger partial charge is 0.0547 e. The van der Waals surface area contributed by atoms with Crippen LogP contribution in [-0.2, 0) is 6.54 Å². The van der Waals surface area contributed by atoms with Crippen LogP contribution < -0.4 is 5.32 Å². The van der Waals surface area contributed by atoms with Gasteiger partial charge in [-0.25, -0.2) is 0 Å². The molecule has 0 saturated heterocycles. The van der Waals surface area contributed by atoms with Gasteiger partial charge in [0.15, 0.2) is 0 Å². The molecule has 1 heterocycles. The van der Waals surface area contributed by atoms with Crippen LogP contribution in [0.3, 0.4) is 0 Å². The van der Waals surface area contributed by atoms with Gasteiger partial charge in [-0.2, -0.15) is 0 Å². The molecule has 0 radical (unpaired) electrons.